The summed E-state index contributed by atoms with van der Waals surface area (Å²) in [6.45, 7) is 3.21. The number of carbonyl (C=O) groups is 1. The van der Waals surface area contributed by atoms with Crippen LogP contribution >= 0.6 is 23.5 Å². The van der Waals surface area contributed by atoms with Gasteiger partial charge >= 0.3 is 5.97 Å². The van der Waals surface area contributed by atoms with Crippen LogP contribution in [0.15, 0.2) is 0 Å². The molecule has 0 N–H and O–H groups in total. The summed E-state index contributed by atoms with van der Waals surface area (Å²) >= 11 is 4.04. The molecular weight excluding hydrogens is 218 g/mol. The third-order valence-corrected chi connectivity index (χ3v) is 5.56. The highest BCUT2D eigenvalue weighted by molar-refractivity contribution is 8.07. The lowest BCUT2D eigenvalue weighted by atomic mass is 10.4. The Morgan fingerprint density at radius 1 is 1.43 bits per heavy atom. The second-order valence-corrected chi connectivity index (χ2v) is 5.79. The van der Waals surface area contributed by atoms with Gasteiger partial charge in [-0.15, -0.1) is 23.5 Å². The number of nitrogens with zero attached hydrogens (tertiary/aromatic N) is 1. The van der Waals surface area contributed by atoms with Crippen molar-refractivity contribution in [2.24, 2.45) is 0 Å². The van der Waals surface area contributed by atoms with Gasteiger partial charge in [-0.1, -0.05) is 0 Å². The molecule has 0 amide bonds. The Balaban J connectivity index is 1.73. The Kier molecular flexibility index (Phi) is 3.62. The zero-order valence-corrected chi connectivity index (χ0v) is 9.90. The summed E-state index contributed by atoms with van der Waals surface area (Å²) in [6, 6.07) is 0. The maximum Gasteiger partial charge on any atom is 0.307 e. The summed E-state index contributed by atoms with van der Waals surface area (Å²) in [5.41, 5.74) is 0. The number of ether oxygens (including phenoxy) is 1. The quantitative estimate of drug-likeness (QED) is 0.685. The number of hydrogen-bond donors (Lipinski definition) is 0. The molecule has 5 heteroatoms. The molecule has 80 valence electrons. The van der Waals surface area contributed by atoms with E-state index in [1.165, 1.54) is 11.5 Å². The van der Waals surface area contributed by atoms with Crippen molar-refractivity contribution >= 4 is 29.5 Å². The average molecular weight is 233 g/mol. The minimum atomic E-state index is -0.0613. The monoisotopic (exact) mass is 233 g/mol. The van der Waals surface area contributed by atoms with Crippen LogP contribution in [0.4, 0.5) is 0 Å². The predicted molar refractivity (Wildman–Crippen MR) is 60.4 cm³/mol. The van der Waals surface area contributed by atoms with Crippen molar-refractivity contribution in [2.45, 2.75) is 24.1 Å². The van der Waals surface area contributed by atoms with E-state index in [1.54, 1.807) is 0 Å². The smallest absolute Gasteiger partial charge is 0.307 e. The molecule has 0 saturated carbocycles. The maximum atomic E-state index is 11.2. The molecule has 0 spiro atoms. The fourth-order valence-electron chi connectivity index (χ4n) is 1.79. The first kappa shape index (κ1) is 10.6. The highest BCUT2D eigenvalue weighted by Crippen LogP contribution is 2.43. The summed E-state index contributed by atoms with van der Waals surface area (Å²) in [5.74, 6) is 2.38. The van der Waals surface area contributed by atoms with Gasteiger partial charge in [0.2, 0.25) is 0 Å². The molecule has 2 aliphatic heterocycles. The first-order valence-electron chi connectivity index (χ1n) is 4.96. The second-order valence-electron chi connectivity index (χ2n) is 3.37. The SMILES string of the molecule is CCOC(=O)CCN1C2CSC1CS2. The van der Waals surface area contributed by atoms with Gasteiger partial charge in [0, 0.05) is 18.1 Å². The minimum Gasteiger partial charge on any atom is -0.466 e. The molecule has 0 aromatic rings. The van der Waals surface area contributed by atoms with Gasteiger partial charge < -0.3 is 4.74 Å². The lowest BCUT2D eigenvalue weighted by Crippen LogP contribution is -2.31. The molecule has 2 fully saturated rings. The summed E-state index contributed by atoms with van der Waals surface area (Å²) in [5, 5.41) is 1.30. The molecule has 2 unspecified atom stereocenters. The standard InChI is InChI=1S/C9H15NO2S2/c1-2-12-9(11)3-4-10-7-5-13-8(10)6-14-7/h7-8H,2-6H2,1H3. The number of fused-ring (bicyclic) bond motifs is 2. The van der Waals surface area contributed by atoms with Crippen molar-refractivity contribution in [3.8, 4) is 0 Å². The van der Waals surface area contributed by atoms with Crippen LogP contribution in [0.5, 0.6) is 0 Å². The van der Waals surface area contributed by atoms with E-state index in [0.717, 1.165) is 6.54 Å². The molecule has 2 aliphatic rings. The van der Waals surface area contributed by atoms with Crippen molar-refractivity contribution in [1.29, 1.82) is 0 Å². The van der Waals surface area contributed by atoms with Crippen molar-refractivity contribution in [3.05, 3.63) is 0 Å². The third-order valence-electron chi connectivity index (χ3n) is 2.48. The van der Waals surface area contributed by atoms with Crippen LogP contribution in [0.2, 0.25) is 0 Å². The topological polar surface area (TPSA) is 29.5 Å². The van der Waals surface area contributed by atoms with Crippen molar-refractivity contribution in [1.82, 2.24) is 4.90 Å². The highest BCUT2D eigenvalue weighted by Gasteiger charge is 2.40. The van der Waals surface area contributed by atoms with E-state index in [9.17, 15) is 4.79 Å². The zero-order chi connectivity index (χ0) is 9.97. The van der Waals surface area contributed by atoms with E-state index in [2.05, 4.69) is 4.90 Å². The average Bonchev–Trinajstić information content (AvgIpc) is 2.74. The number of thioether (sulfide) groups is 2. The number of rotatable bonds is 4. The van der Waals surface area contributed by atoms with Crippen LogP contribution in [0.1, 0.15) is 13.3 Å². The molecule has 0 aromatic heterocycles. The van der Waals surface area contributed by atoms with Gasteiger partial charge in [0.1, 0.15) is 0 Å². The largest absolute Gasteiger partial charge is 0.466 e. The predicted octanol–water partition coefficient (Wildman–Crippen LogP) is 1.39. The molecule has 2 saturated heterocycles. The molecule has 14 heavy (non-hydrogen) atoms. The van der Waals surface area contributed by atoms with Gasteiger partial charge in [-0.3, -0.25) is 9.69 Å². The van der Waals surface area contributed by atoms with Gasteiger partial charge in [-0.2, -0.15) is 0 Å². The van der Waals surface area contributed by atoms with E-state index in [4.69, 9.17) is 4.74 Å². The Bertz CT molecular complexity index is 205. The maximum absolute atomic E-state index is 11.2. The van der Waals surface area contributed by atoms with Crippen LogP contribution in [0.25, 0.3) is 0 Å². The molecule has 0 radical (unpaired) electrons. The lowest BCUT2D eigenvalue weighted by molar-refractivity contribution is -0.143. The summed E-state index contributed by atoms with van der Waals surface area (Å²) in [7, 11) is 0. The Hall–Kier alpha value is 0.130. The molecule has 2 rings (SSSR count). The second kappa shape index (κ2) is 4.77. The van der Waals surface area contributed by atoms with E-state index in [0.29, 0.717) is 23.8 Å². The summed E-state index contributed by atoms with van der Waals surface area (Å²) in [6.07, 6.45) is 0.544. The van der Waals surface area contributed by atoms with Crippen molar-refractivity contribution in [3.63, 3.8) is 0 Å². The van der Waals surface area contributed by atoms with Crippen LogP contribution in [0, 0.1) is 0 Å². The Morgan fingerprint density at radius 2 is 2.07 bits per heavy atom. The van der Waals surface area contributed by atoms with E-state index in [1.807, 2.05) is 30.4 Å². The van der Waals surface area contributed by atoms with Crippen molar-refractivity contribution in [2.75, 3.05) is 24.7 Å². The fourth-order valence-corrected chi connectivity index (χ4v) is 5.16. The Morgan fingerprint density at radius 3 is 2.57 bits per heavy atom. The van der Waals surface area contributed by atoms with Crippen LogP contribution < -0.4 is 0 Å². The molecule has 2 heterocycles. The normalized spacial score (nSPS) is 30.9. The van der Waals surface area contributed by atoms with Gasteiger partial charge in [0.05, 0.1) is 23.8 Å². The van der Waals surface area contributed by atoms with Crippen LogP contribution in [0.3, 0.4) is 0 Å². The molecule has 2 bridgehead atoms. The lowest BCUT2D eigenvalue weighted by Gasteiger charge is -2.18. The molecule has 0 aliphatic carbocycles. The Labute approximate surface area is 92.9 Å². The molecular formula is C9H15NO2S2. The first-order valence-corrected chi connectivity index (χ1v) is 7.05. The van der Waals surface area contributed by atoms with Gasteiger partial charge in [-0.25, -0.2) is 0 Å². The summed E-state index contributed by atoms with van der Waals surface area (Å²) < 4.78 is 4.91. The van der Waals surface area contributed by atoms with Gasteiger partial charge in [-0.05, 0) is 6.92 Å². The van der Waals surface area contributed by atoms with E-state index >= 15 is 0 Å². The van der Waals surface area contributed by atoms with Gasteiger partial charge in [0.15, 0.2) is 0 Å². The highest BCUT2D eigenvalue weighted by atomic mass is 32.2. The van der Waals surface area contributed by atoms with E-state index in [-0.39, 0.29) is 5.97 Å². The van der Waals surface area contributed by atoms with Crippen LogP contribution in [-0.2, 0) is 9.53 Å². The van der Waals surface area contributed by atoms with E-state index < -0.39 is 0 Å². The third kappa shape index (κ3) is 2.20. The molecule has 2 atom stereocenters. The van der Waals surface area contributed by atoms with Gasteiger partial charge in [0.25, 0.3) is 0 Å². The fraction of sp³-hybridized carbons (Fsp3) is 0.889. The van der Waals surface area contributed by atoms with Crippen LogP contribution in [-0.4, -0.2) is 46.3 Å². The minimum absolute atomic E-state index is 0.0613. The number of esters is 1. The number of hydrogen-bond acceptors (Lipinski definition) is 5. The number of carbonyl (C=O) groups excluding carboxylic acids is 1. The first-order chi connectivity index (χ1) is 6.81. The molecule has 0 aromatic carbocycles. The zero-order valence-electron chi connectivity index (χ0n) is 8.27. The van der Waals surface area contributed by atoms with Crippen molar-refractivity contribution < 1.29 is 9.53 Å². The molecule has 3 nitrogen and oxygen atoms in total. The summed E-state index contributed by atoms with van der Waals surface area (Å²) in [4.78, 5) is 13.6.